The van der Waals surface area contributed by atoms with E-state index in [1.165, 1.54) is 41.4 Å². The fourth-order valence-electron chi connectivity index (χ4n) is 3.07. The Labute approximate surface area is 171 Å². The summed E-state index contributed by atoms with van der Waals surface area (Å²) < 4.78 is 2.04. The Hall–Kier alpha value is -4.88. The van der Waals surface area contributed by atoms with E-state index in [0.717, 1.165) is 16.9 Å². The first kappa shape index (κ1) is 19.4. The van der Waals surface area contributed by atoms with Gasteiger partial charge in [0.15, 0.2) is 5.82 Å². The van der Waals surface area contributed by atoms with Crippen LogP contribution in [0.15, 0.2) is 48.9 Å². The zero-order chi connectivity index (χ0) is 22.3. The highest BCUT2D eigenvalue weighted by Crippen LogP contribution is 2.28. The molecule has 0 saturated heterocycles. The third kappa shape index (κ3) is 3.48. The van der Waals surface area contributed by atoms with Gasteiger partial charge in [0.1, 0.15) is 11.2 Å². The van der Waals surface area contributed by atoms with Gasteiger partial charge in [0.2, 0.25) is 0 Å². The first-order valence-corrected chi connectivity index (χ1v) is 8.55. The van der Waals surface area contributed by atoms with E-state index in [-0.39, 0.29) is 29.1 Å². The molecule has 2 aromatic heterocycles. The summed E-state index contributed by atoms with van der Waals surface area (Å²) in [5.41, 5.74) is -0.152. The maximum Gasteiger partial charge on any atom is 0.300 e. The van der Waals surface area contributed by atoms with E-state index in [1.807, 2.05) is 0 Å². The highest BCUT2D eigenvalue weighted by molar-refractivity contribution is 5.78. The van der Waals surface area contributed by atoms with Crippen LogP contribution in [0, 0.1) is 30.3 Å². The molecule has 2 heterocycles. The molecule has 0 radical (unpaired) electrons. The van der Waals surface area contributed by atoms with Gasteiger partial charge in [-0.15, -0.1) is 0 Å². The Bertz CT molecular complexity index is 1370. The molecule has 4 rings (SSSR count). The number of fused-ring (bicyclic) bond motifs is 1. The molecule has 14 heteroatoms. The monoisotopic (exact) mass is 425 g/mol. The maximum absolute atomic E-state index is 11.3. The molecule has 0 saturated carbocycles. The lowest BCUT2D eigenvalue weighted by Crippen LogP contribution is -2.01. The summed E-state index contributed by atoms with van der Waals surface area (Å²) in [6.45, 7) is 0. The molecule has 0 bridgehead atoms. The van der Waals surface area contributed by atoms with Crippen molar-refractivity contribution < 1.29 is 20.0 Å². The number of non-ortho nitro benzene ring substituents is 2. The summed E-state index contributed by atoms with van der Waals surface area (Å²) in [5.74, 6) is 0.152. The second kappa shape index (κ2) is 7.18. The number of nitro groups is 3. The molecule has 0 atom stereocenters. The summed E-state index contributed by atoms with van der Waals surface area (Å²) in [6.07, 6.45) is 2.77. The number of nitro benzene ring substituents is 3. The smallest absolute Gasteiger partial charge is 0.300 e. The average molecular weight is 425 g/mol. The van der Waals surface area contributed by atoms with E-state index >= 15 is 0 Å². The fraction of sp³-hybridized carbons (Fsp3) is 0.0588. The Morgan fingerprint density at radius 3 is 2.29 bits per heavy atom. The van der Waals surface area contributed by atoms with Crippen LogP contribution >= 0.6 is 0 Å². The van der Waals surface area contributed by atoms with Crippen molar-refractivity contribution >= 4 is 28.1 Å². The van der Waals surface area contributed by atoms with Gasteiger partial charge < -0.3 is 5.21 Å². The molecule has 31 heavy (non-hydrogen) atoms. The molecule has 4 aromatic rings. The molecular formula is C17H11N7O7. The van der Waals surface area contributed by atoms with E-state index in [4.69, 9.17) is 0 Å². The Morgan fingerprint density at radius 2 is 1.61 bits per heavy atom. The molecule has 0 amide bonds. The SMILES string of the molecule is O=[N+]([O-])c1ccc(-n2cnc(Cc3nc4ccc([N+](=O)[O-])cc4n3O)c2)c([N+](=O)[O-])c1. The van der Waals surface area contributed by atoms with Crippen LogP contribution in [0.4, 0.5) is 17.1 Å². The van der Waals surface area contributed by atoms with Crippen molar-refractivity contribution in [2.75, 3.05) is 0 Å². The number of aromatic nitrogens is 4. The quantitative estimate of drug-likeness (QED) is 0.275. The van der Waals surface area contributed by atoms with Crippen molar-refractivity contribution in [2.24, 2.45) is 0 Å². The molecule has 14 nitrogen and oxygen atoms in total. The molecule has 0 aliphatic carbocycles. The predicted octanol–water partition coefficient (Wildman–Crippen LogP) is 2.77. The van der Waals surface area contributed by atoms with Crippen LogP contribution in [0.1, 0.15) is 11.5 Å². The van der Waals surface area contributed by atoms with Gasteiger partial charge in [-0.3, -0.25) is 34.9 Å². The highest BCUT2D eigenvalue weighted by Gasteiger charge is 2.21. The van der Waals surface area contributed by atoms with Crippen LogP contribution in [-0.4, -0.2) is 39.2 Å². The van der Waals surface area contributed by atoms with Crippen LogP contribution in [-0.2, 0) is 6.42 Å². The third-order valence-electron chi connectivity index (χ3n) is 4.51. The molecule has 2 aromatic carbocycles. The van der Waals surface area contributed by atoms with Crippen LogP contribution < -0.4 is 0 Å². The van der Waals surface area contributed by atoms with Gasteiger partial charge in [-0.1, -0.05) is 0 Å². The lowest BCUT2D eigenvalue weighted by Gasteiger charge is -2.03. The largest absolute Gasteiger partial charge is 0.427 e. The number of rotatable bonds is 6. The second-order valence-corrected chi connectivity index (χ2v) is 6.41. The zero-order valence-corrected chi connectivity index (χ0v) is 15.4. The van der Waals surface area contributed by atoms with E-state index in [9.17, 15) is 35.6 Å². The van der Waals surface area contributed by atoms with Gasteiger partial charge in [-0.05, 0) is 12.1 Å². The van der Waals surface area contributed by atoms with E-state index < -0.39 is 26.1 Å². The number of nitrogens with zero attached hydrogens (tertiary/aromatic N) is 7. The number of benzene rings is 2. The standard InChI is InChI=1S/C17H11N7O7/c25-21-15-6-11(22(26)27)1-3-13(15)19-17(21)5-10-8-20(9-18-10)14-4-2-12(23(28)29)7-16(14)24(30)31/h1-4,6-9,25H,5H2. The van der Waals surface area contributed by atoms with E-state index in [2.05, 4.69) is 9.97 Å². The lowest BCUT2D eigenvalue weighted by atomic mass is 10.2. The van der Waals surface area contributed by atoms with Gasteiger partial charge in [0, 0.05) is 24.4 Å². The Morgan fingerprint density at radius 1 is 0.935 bits per heavy atom. The summed E-state index contributed by atoms with van der Waals surface area (Å²) in [7, 11) is 0. The molecule has 156 valence electrons. The van der Waals surface area contributed by atoms with Crippen molar-refractivity contribution in [2.45, 2.75) is 6.42 Å². The zero-order valence-electron chi connectivity index (χ0n) is 15.4. The molecular weight excluding hydrogens is 414 g/mol. The molecule has 1 N–H and O–H groups in total. The van der Waals surface area contributed by atoms with Gasteiger partial charge >= 0.3 is 0 Å². The molecule has 0 aliphatic heterocycles. The minimum Gasteiger partial charge on any atom is -0.427 e. The van der Waals surface area contributed by atoms with Gasteiger partial charge in [-0.25, -0.2) is 9.97 Å². The molecule has 0 spiro atoms. The van der Waals surface area contributed by atoms with Crippen LogP contribution in [0.25, 0.3) is 16.7 Å². The molecule has 0 fully saturated rings. The normalized spacial score (nSPS) is 11.0. The summed E-state index contributed by atoms with van der Waals surface area (Å²) in [5, 5.41) is 43.5. The highest BCUT2D eigenvalue weighted by atomic mass is 16.6. The Kier molecular flexibility index (Phi) is 4.50. The topological polar surface area (TPSA) is 185 Å². The second-order valence-electron chi connectivity index (χ2n) is 6.41. The lowest BCUT2D eigenvalue weighted by molar-refractivity contribution is -0.394. The first-order chi connectivity index (χ1) is 14.7. The number of imidazole rings is 2. The third-order valence-corrected chi connectivity index (χ3v) is 4.51. The van der Waals surface area contributed by atoms with E-state index in [1.54, 1.807) is 0 Å². The fourth-order valence-corrected chi connectivity index (χ4v) is 3.07. The van der Waals surface area contributed by atoms with Crippen molar-refractivity contribution in [3.63, 3.8) is 0 Å². The minimum absolute atomic E-state index is 0.0206. The van der Waals surface area contributed by atoms with Gasteiger partial charge in [-0.2, -0.15) is 4.73 Å². The predicted molar refractivity (Wildman–Crippen MR) is 103 cm³/mol. The van der Waals surface area contributed by atoms with Gasteiger partial charge in [0.05, 0.1) is 44.8 Å². The first-order valence-electron chi connectivity index (χ1n) is 8.55. The van der Waals surface area contributed by atoms with Crippen molar-refractivity contribution in [1.29, 1.82) is 0 Å². The van der Waals surface area contributed by atoms with Gasteiger partial charge in [0.25, 0.3) is 17.1 Å². The number of hydrogen-bond donors (Lipinski definition) is 1. The van der Waals surface area contributed by atoms with Crippen molar-refractivity contribution in [3.8, 4) is 5.69 Å². The van der Waals surface area contributed by atoms with Crippen LogP contribution in [0.3, 0.4) is 0 Å². The van der Waals surface area contributed by atoms with E-state index in [0.29, 0.717) is 11.2 Å². The Balaban J connectivity index is 1.68. The minimum atomic E-state index is -0.734. The van der Waals surface area contributed by atoms with Crippen LogP contribution in [0.5, 0.6) is 0 Å². The summed E-state index contributed by atoms with van der Waals surface area (Å²) >= 11 is 0. The average Bonchev–Trinajstić information content (AvgIpc) is 3.32. The summed E-state index contributed by atoms with van der Waals surface area (Å²) in [6, 6.07) is 7.09. The van der Waals surface area contributed by atoms with Crippen molar-refractivity contribution in [1.82, 2.24) is 19.3 Å². The summed E-state index contributed by atoms with van der Waals surface area (Å²) in [4.78, 5) is 39.5. The number of hydrogen-bond acceptors (Lipinski definition) is 9. The maximum atomic E-state index is 11.3. The molecule has 0 unspecified atom stereocenters. The van der Waals surface area contributed by atoms with Crippen LogP contribution in [0.2, 0.25) is 0 Å². The molecule has 0 aliphatic rings. The van der Waals surface area contributed by atoms with Crippen molar-refractivity contribution in [3.05, 3.63) is 90.8 Å².